The van der Waals surface area contributed by atoms with E-state index in [1.807, 2.05) is 31.2 Å². The van der Waals surface area contributed by atoms with Crippen LogP contribution in [0, 0.1) is 0 Å². The van der Waals surface area contributed by atoms with E-state index in [2.05, 4.69) is 4.90 Å². The van der Waals surface area contributed by atoms with E-state index >= 15 is 0 Å². The molecule has 0 aliphatic carbocycles. The zero-order valence-electron chi connectivity index (χ0n) is 20.9. The zero-order valence-corrected chi connectivity index (χ0v) is 20.9. The first-order valence-corrected chi connectivity index (χ1v) is 12.5. The summed E-state index contributed by atoms with van der Waals surface area (Å²) in [4.78, 5) is 30.3. The highest BCUT2D eigenvalue weighted by molar-refractivity contribution is 6.46. The Kier molecular flexibility index (Phi) is 8.61. The lowest BCUT2D eigenvalue weighted by Gasteiger charge is -2.29. The average Bonchev–Trinajstić information content (AvgIpc) is 3.17. The van der Waals surface area contributed by atoms with Crippen LogP contribution in [0.2, 0.25) is 0 Å². The van der Waals surface area contributed by atoms with Gasteiger partial charge in [0.1, 0.15) is 17.3 Å². The Bertz CT molecular complexity index is 1090. The summed E-state index contributed by atoms with van der Waals surface area (Å²) < 4.78 is 16.4. The molecule has 4 rings (SSSR count). The quantitative estimate of drug-likeness (QED) is 0.307. The first kappa shape index (κ1) is 25.7. The number of ketones is 1. The monoisotopic (exact) mass is 494 g/mol. The highest BCUT2D eigenvalue weighted by Crippen LogP contribution is 2.40. The van der Waals surface area contributed by atoms with Gasteiger partial charge in [-0.3, -0.25) is 14.5 Å². The summed E-state index contributed by atoms with van der Waals surface area (Å²) in [5, 5.41) is 11.3. The van der Waals surface area contributed by atoms with Crippen LogP contribution in [0.5, 0.6) is 11.5 Å². The third-order valence-electron chi connectivity index (χ3n) is 6.53. The molecule has 2 aromatic rings. The molecule has 0 radical (unpaired) electrons. The molecule has 192 valence electrons. The fraction of sp³-hybridized carbons (Fsp3) is 0.429. The molecule has 8 heteroatoms. The highest BCUT2D eigenvalue weighted by Gasteiger charge is 2.45. The van der Waals surface area contributed by atoms with Crippen molar-refractivity contribution in [2.24, 2.45) is 0 Å². The Morgan fingerprint density at radius 3 is 2.50 bits per heavy atom. The Morgan fingerprint density at radius 2 is 1.81 bits per heavy atom. The number of hydrogen-bond donors (Lipinski definition) is 1. The lowest BCUT2D eigenvalue weighted by atomic mass is 9.95. The van der Waals surface area contributed by atoms with Crippen LogP contribution in [-0.4, -0.2) is 79.7 Å². The second-order valence-electron chi connectivity index (χ2n) is 8.95. The Balaban J connectivity index is 1.66. The Morgan fingerprint density at radius 1 is 1.06 bits per heavy atom. The van der Waals surface area contributed by atoms with Crippen LogP contribution >= 0.6 is 0 Å². The van der Waals surface area contributed by atoms with Crippen LogP contribution in [0.25, 0.3) is 5.76 Å². The highest BCUT2D eigenvalue weighted by atomic mass is 16.5. The number of carbonyl (C=O) groups is 2. The van der Waals surface area contributed by atoms with Gasteiger partial charge in [-0.05, 0) is 42.7 Å². The molecule has 2 aliphatic heterocycles. The van der Waals surface area contributed by atoms with Crippen molar-refractivity contribution >= 4 is 17.4 Å². The van der Waals surface area contributed by atoms with Crippen molar-refractivity contribution < 1.29 is 28.9 Å². The van der Waals surface area contributed by atoms with Crippen molar-refractivity contribution in [3.8, 4) is 11.5 Å². The molecular weight excluding hydrogens is 460 g/mol. The number of ether oxygens (including phenoxy) is 3. The van der Waals surface area contributed by atoms with E-state index in [9.17, 15) is 14.7 Å². The summed E-state index contributed by atoms with van der Waals surface area (Å²) >= 11 is 0. The van der Waals surface area contributed by atoms with Crippen LogP contribution < -0.4 is 9.47 Å². The third kappa shape index (κ3) is 5.71. The molecule has 1 N–H and O–H groups in total. The van der Waals surface area contributed by atoms with Gasteiger partial charge < -0.3 is 24.2 Å². The predicted molar refractivity (Wildman–Crippen MR) is 136 cm³/mol. The first-order valence-electron chi connectivity index (χ1n) is 12.5. The van der Waals surface area contributed by atoms with E-state index in [1.54, 1.807) is 29.2 Å². The van der Waals surface area contributed by atoms with Crippen molar-refractivity contribution in [2.45, 2.75) is 25.8 Å². The maximum Gasteiger partial charge on any atom is 0.295 e. The summed E-state index contributed by atoms with van der Waals surface area (Å²) in [7, 11) is 1.54. The normalized spacial score (nSPS) is 20.1. The van der Waals surface area contributed by atoms with E-state index in [-0.39, 0.29) is 11.3 Å². The molecule has 0 bridgehead atoms. The van der Waals surface area contributed by atoms with E-state index in [1.165, 1.54) is 7.11 Å². The molecule has 1 unspecified atom stereocenters. The van der Waals surface area contributed by atoms with Crippen molar-refractivity contribution in [1.82, 2.24) is 9.80 Å². The molecule has 2 aromatic carbocycles. The van der Waals surface area contributed by atoms with Gasteiger partial charge in [-0.2, -0.15) is 0 Å². The maximum atomic E-state index is 13.2. The minimum atomic E-state index is -0.693. The van der Waals surface area contributed by atoms with Gasteiger partial charge in [0.2, 0.25) is 0 Å². The summed E-state index contributed by atoms with van der Waals surface area (Å²) in [6.07, 6.45) is 1.60. The van der Waals surface area contributed by atoms with Gasteiger partial charge in [0.25, 0.3) is 11.7 Å². The van der Waals surface area contributed by atoms with Gasteiger partial charge in [-0.1, -0.05) is 31.2 Å². The van der Waals surface area contributed by atoms with Crippen molar-refractivity contribution in [2.75, 3.05) is 53.1 Å². The summed E-state index contributed by atoms with van der Waals surface area (Å²) in [5.41, 5.74) is 1.25. The molecule has 8 nitrogen and oxygen atoms in total. The lowest BCUT2D eigenvalue weighted by Crippen LogP contribution is -2.38. The number of likely N-dealkylation sites (tertiary alicyclic amines) is 1. The first-order chi connectivity index (χ1) is 17.5. The Hall–Kier alpha value is -3.36. The number of methoxy groups -OCH3 is 1. The number of benzene rings is 2. The molecule has 2 fully saturated rings. The number of aliphatic hydroxyl groups excluding tert-OH is 1. The second kappa shape index (κ2) is 12.1. The van der Waals surface area contributed by atoms with Crippen LogP contribution in [0.1, 0.15) is 36.9 Å². The number of carbonyl (C=O) groups excluding carboxylic acids is 2. The number of morpholine rings is 1. The minimum absolute atomic E-state index is 0.0850. The zero-order chi connectivity index (χ0) is 25.5. The number of Topliss-reactive ketones (excluding diaryl/α,β-unsaturated/α-hetero) is 1. The lowest BCUT2D eigenvalue weighted by molar-refractivity contribution is -0.140. The summed E-state index contributed by atoms with van der Waals surface area (Å²) in [5.74, 6) is -0.222. The largest absolute Gasteiger partial charge is 0.507 e. The number of aliphatic hydroxyl groups is 1. The number of nitrogens with zero attached hydrogens (tertiary/aromatic N) is 2. The molecule has 1 amide bonds. The predicted octanol–water partition coefficient (Wildman–Crippen LogP) is 3.63. The fourth-order valence-corrected chi connectivity index (χ4v) is 4.64. The van der Waals surface area contributed by atoms with Crippen LogP contribution in [0.4, 0.5) is 0 Å². The van der Waals surface area contributed by atoms with Crippen molar-refractivity contribution in [3.05, 3.63) is 65.2 Å². The van der Waals surface area contributed by atoms with Crippen molar-refractivity contribution in [1.29, 1.82) is 0 Å². The van der Waals surface area contributed by atoms with Crippen molar-refractivity contribution in [3.63, 3.8) is 0 Å². The molecule has 2 heterocycles. The van der Waals surface area contributed by atoms with Crippen LogP contribution in [0.15, 0.2) is 54.1 Å². The third-order valence-corrected chi connectivity index (χ3v) is 6.53. The standard InChI is InChI=1S/C28H34N2O6/c1-3-16-36-22-10-8-20(9-11-22)25-24(26(31)21-6-4-7-23(19-21)34-2)27(32)28(33)30(25)13-5-12-29-14-17-35-18-15-29/h4,6-11,19,25,31H,3,5,12-18H2,1-2H3. The number of rotatable bonds is 10. The molecule has 36 heavy (non-hydrogen) atoms. The SMILES string of the molecule is CCCOc1ccc(C2C(=C(O)c3cccc(OC)c3)C(=O)C(=O)N2CCCN2CCOCC2)cc1. The molecule has 2 aliphatic rings. The Labute approximate surface area is 212 Å². The fourth-order valence-electron chi connectivity index (χ4n) is 4.64. The van der Waals surface area contributed by atoms with Gasteiger partial charge in [-0.25, -0.2) is 0 Å². The van der Waals surface area contributed by atoms with Gasteiger partial charge in [-0.15, -0.1) is 0 Å². The van der Waals surface area contributed by atoms with Gasteiger partial charge in [0.05, 0.1) is 38.5 Å². The molecule has 0 aromatic heterocycles. The van der Waals surface area contributed by atoms with E-state index in [4.69, 9.17) is 14.2 Å². The average molecular weight is 495 g/mol. The second-order valence-corrected chi connectivity index (χ2v) is 8.95. The van der Waals surface area contributed by atoms with Gasteiger partial charge >= 0.3 is 0 Å². The molecular formula is C28H34N2O6. The molecule has 0 spiro atoms. The van der Waals surface area contributed by atoms with E-state index < -0.39 is 17.7 Å². The van der Waals surface area contributed by atoms with Gasteiger partial charge in [0.15, 0.2) is 0 Å². The summed E-state index contributed by atoms with van der Waals surface area (Å²) in [6, 6.07) is 13.5. The maximum absolute atomic E-state index is 13.2. The molecule has 0 saturated carbocycles. The summed E-state index contributed by atoms with van der Waals surface area (Å²) in [6.45, 7) is 6.98. The van der Waals surface area contributed by atoms with Crippen LogP contribution in [0.3, 0.4) is 0 Å². The molecule has 1 atom stereocenters. The number of amides is 1. The minimum Gasteiger partial charge on any atom is -0.507 e. The van der Waals surface area contributed by atoms with Gasteiger partial charge in [0, 0.05) is 31.7 Å². The topological polar surface area (TPSA) is 88.5 Å². The molecule has 2 saturated heterocycles. The smallest absolute Gasteiger partial charge is 0.295 e. The van der Waals surface area contributed by atoms with Crippen LogP contribution in [-0.2, 0) is 14.3 Å². The van der Waals surface area contributed by atoms with E-state index in [0.29, 0.717) is 44.1 Å². The van der Waals surface area contributed by atoms with E-state index in [0.717, 1.165) is 37.4 Å². The number of hydrogen-bond acceptors (Lipinski definition) is 7.